The average molecular weight is 300 g/mol. The fourth-order valence-corrected chi connectivity index (χ4v) is 2.41. The van der Waals surface area contributed by atoms with E-state index in [9.17, 15) is 5.11 Å². The first-order valence-electron chi connectivity index (χ1n) is 6.22. The Bertz CT molecular complexity index is 350. The van der Waals surface area contributed by atoms with E-state index in [0.717, 1.165) is 17.3 Å². The van der Waals surface area contributed by atoms with Crippen LogP contribution in [-0.2, 0) is 0 Å². The van der Waals surface area contributed by atoms with Crippen LogP contribution >= 0.6 is 15.9 Å². The highest BCUT2D eigenvalue weighted by atomic mass is 79.9. The van der Waals surface area contributed by atoms with Crippen LogP contribution in [0.4, 0.5) is 0 Å². The number of benzene rings is 1. The standard InChI is InChI=1S/C14H22BrNO/c1-4-14(17,5-2)10-16-11(3)12-8-6-7-9-13(12)15/h6-9,11,16-17H,4-5,10H2,1-3H3/t11-/m0/s1. The lowest BCUT2D eigenvalue weighted by Gasteiger charge is -2.28. The molecular weight excluding hydrogens is 278 g/mol. The monoisotopic (exact) mass is 299 g/mol. The lowest BCUT2D eigenvalue weighted by atomic mass is 9.96. The van der Waals surface area contributed by atoms with Gasteiger partial charge in [-0.3, -0.25) is 0 Å². The van der Waals surface area contributed by atoms with Crippen molar-refractivity contribution < 1.29 is 5.11 Å². The number of nitrogens with one attached hydrogen (secondary N) is 1. The van der Waals surface area contributed by atoms with E-state index in [2.05, 4.69) is 34.2 Å². The van der Waals surface area contributed by atoms with Crippen LogP contribution in [0.1, 0.15) is 45.2 Å². The van der Waals surface area contributed by atoms with Crippen LogP contribution in [0.2, 0.25) is 0 Å². The minimum Gasteiger partial charge on any atom is -0.389 e. The third-order valence-electron chi connectivity index (χ3n) is 3.43. The van der Waals surface area contributed by atoms with Crippen molar-refractivity contribution in [2.45, 2.75) is 45.3 Å². The summed E-state index contributed by atoms with van der Waals surface area (Å²) in [5.41, 5.74) is 0.636. The summed E-state index contributed by atoms with van der Waals surface area (Å²) in [7, 11) is 0. The van der Waals surface area contributed by atoms with Crippen LogP contribution in [0.5, 0.6) is 0 Å². The normalized spacial score (nSPS) is 13.7. The zero-order chi connectivity index (χ0) is 12.9. The predicted octanol–water partition coefficient (Wildman–Crippen LogP) is 3.65. The van der Waals surface area contributed by atoms with Gasteiger partial charge in [0.2, 0.25) is 0 Å². The molecule has 17 heavy (non-hydrogen) atoms. The molecule has 0 spiro atoms. The van der Waals surface area contributed by atoms with Crippen molar-refractivity contribution in [3.8, 4) is 0 Å². The molecule has 3 heteroatoms. The minimum atomic E-state index is -0.588. The zero-order valence-corrected chi connectivity index (χ0v) is 12.4. The second-order valence-electron chi connectivity index (χ2n) is 4.56. The Kier molecular flexibility index (Phi) is 5.63. The van der Waals surface area contributed by atoms with E-state index >= 15 is 0 Å². The Morgan fingerprint density at radius 1 is 1.29 bits per heavy atom. The van der Waals surface area contributed by atoms with Gasteiger partial charge >= 0.3 is 0 Å². The zero-order valence-electron chi connectivity index (χ0n) is 10.8. The summed E-state index contributed by atoms with van der Waals surface area (Å²) < 4.78 is 1.11. The molecule has 0 aliphatic heterocycles. The Morgan fingerprint density at radius 2 is 1.88 bits per heavy atom. The van der Waals surface area contributed by atoms with Crippen molar-refractivity contribution >= 4 is 15.9 Å². The summed E-state index contributed by atoms with van der Waals surface area (Å²) in [5.74, 6) is 0. The molecule has 0 fully saturated rings. The van der Waals surface area contributed by atoms with Crippen LogP contribution in [0.25, 0.3) is 0 Å². The summed E-state index contributed by atoms with van der Waals surface area (Å²) in [6.07, 6.45) is 1.55. The second kappa shape index (κ2) is 6.53. The molecule has 96 valence electrons. The van der Waals surface area contributed by atoms with E-state index < -0.39 is 5.60 Å². The van der Waals surface area contributed by atoms with E-state index in [1.54, 1.807) is 0 Å². The third-order valence-corrected chi connectivity index (χ3v) is 4.15. The van der Waals surface area contributed by atoms with Gasteiger partial charge in [-0.2, -0.15) is 0 Å². The molecule has 2 N–H and O–H groups in total. The molecule has 0 radical (unpaired) electrons. The predicted molar refractivity (Wildman–Crippen MR) is 76.1 cm³/mol. The molecule has 0 aromatic heterocycles. The third kappa shape index (κ3) is 4.09. The highest BCUT2D eigenvalue weighted by Crippen LogP contribution is 2.23. The van der Waals surface area contributed by atoms with Crippen LogP contribution < -0.4 is 5.32 Å². The van der Waals surface area contributed by atoms with Gasteiger partial charge in [0.25, 0.3) is 0 Å². The van der Waals surface area contributed by atoms with Gasteiger partial charge in [0, 0.05) is 17.1 Å². The SMILES string of the molecule is CCC(O)(CC)CN[C@@H](C)c1ccccc1Br. The molecule has 0 unspecified atom stereocenters. The average Bonchev–Trinajstić information content (AvgIpc) is 2.36. The fraction of sp³-hybridized carbons (Fsp3) is 0.571. The molecule has 2 nitrogen and oxygen atoms in total. The maximum Gasteiger partial charge on any atom is 0.0766 e. The van der Waals surface area contributed by atoms with Crippen LogP contribution in [-0.4, -0.2) is 17.3 Å². The second-order valence-corrected chi connectivity index (χ2v) is 5.41. The van der Waals surface area contributed by atoms with E-state index in [0.29, 0.717) is 6.54 Å². The molecule has 0 bridgehead atoms. The van der Waals surface area contributed by atoms with Crippen LogP contribution in [0.15, 0.2) is 28.7 Å². The Hall–Kier alpha value is -0.380. The summed E-state index contributed by atoms with van der Waals surface area (Å²) in [4.78, 5) is 0. The van der Waals surface area contributed by atoms with Gasteiger partial charge in [-0.05, 0) is 31.4 Å². The van der Waals surface area contributed by atoms with Crippen molar-refractivity contribution in [3.63, 3.8) is 0 Å². The quantitative estimate of drug-likeness (QED) is 0.840. The Labute approximate surface area is 113 Å². The molecule has 0 saturated heterocycles. The van der Waals surface area contributed by atoms with Crippen LogP contribution in [0.3, 0.4) is 0 Å². The highest BCUT2D eigenvalue weighted by molar-refractivity contribution is 9.10. The number of aliphatic hydroxyl groups is 1. The number of rotatable bonds is 6. The summed E-state index contributed by atoms with van der Waals surface area (Å²) in [6.45, 7) is 6.79. The van der Waals surface area contributed by atoms with E-state index in [-0.39, 0.29) is 6.04 Å². The molecule has 0 amide bonds. The maximum absolute atomic E-state index is 10.2. The summed E-state index contributed by atoms with van der Waals surface area (Å²) in [6, 6.07) is 8.41. The number of hydrogen-bond acceptors (Lipinski definition) is 2. The van der Waals surface area contributed by atoms with Crippen molar-refractivity contribution in [2.24, 2.45) is 0 Å². The van der Waals surface area contributed by atoms with Crippen molar-refractivity contribution in [1.29, 1.82) is 0 Å². The topological polar surface area (TPSA) is 32.3 Å². The van der Waals surface area contributed by atoms with Gasteiger partial charge < -0.3 is 10.4 Å². The molecule has 1 rings (SSSR count). The van der Waals surface area contributed by atoms with E-state index in [1.807, 2.05) is 32.0 Å². The Morgan fingerprint density at radius 3 is 2.41 bits per heavy atom. The van der Waals surface area contributed by atoms with E-state index in [1.165, 1.54) is 5.56 Å². The lowest BCUT2D eigenvalue weighted by molar-refractivity contribution is 0.0303. The fourth-order valence-electron chi connectivity index (χ4n) is 1.78. The number of halogens is 1. The van der Waals surface area contributed by atoms with Gasteiger partial charge in [0.05, 0.1) is 5.60 Å². The van der Waals surface area contributed by atoms with Gasteiger partial charge in [-0.15, -0.1) is 0 Å². The van der Waals surface area contributed by atoms with Gasteiger partial charge in [-0.1, -0.05) is 48.0 Å². The molecule has 1 aromatic carbocycles. The minimum absolute atomic E-state index is 0.232. The van der Waals surface area contributed by atoms with Gasteiger partial charge in [0.15, 0.2) is 0 Å². The van der Waals surface area contributed by atoms with Crippen molar-refractivity contribution in [3.05, 3.63) is 34.3 Å². The smallest absolute Gasteiger partial charge is 0.0766 e. The maximum atomic E-state index is 10.2. The largest absolute Gasteiger partial charge is 0.389 e. The number of hydrogen-bond donors (Lipinski definition) is 2. The van der Waals surface area contributed by atoms with Crippen molar-refractivity contribution in [2.75, 3.05) is 6.54 Å². The van der Waals surface area contributed by atoms with E-state index in [4.69, 9.17) is 0 Å². The van der Waals surface area contributed by atoms with Crippen molar-refractivity contribution in [1.82, 2.24) is 5.32 Å². The molecule has 0 heterocycles. The Balaban J connectivity index is 2.62. The first kappa shape index (κ1) is 14.7. The molecule has 1 aromatic rings. The summed E-state index contributed by atoms with van der Waals surface area (Å²) >= 11 is 3.55. The first-order valence-corrected chi connectivity index (χ1v) is 7.02. The molecule has 1 atom stereocenters. The lowest BCUT2D eigenvalue weighted by Crippen LogP contribution is -2.40. The molecule has 0 aliphatic rings. The van der Waals surface area contributed by atoms with Gasteiger partial charge in [-0.25, -0.2) is 0 Å². The molecule has 0 saturated carbocycles. The van der Waals surface area contributed by atoms with Crippen LogP contribution in [0, 0.1) is 0 Å². The highest BCUT2D eigenvalue weighted by Gasteiger charge is 2.22. The first-order chi connectivity index (χ1) is 8.02. The molecular formula is C14H22BrNO. The van der Waals surface area contributed by atoms with Gasteiger partial charge in [0.1, 0.15) is 0 Å². The summed E-state index contributed by atoms with van der Waals surface area (Å²) in [5, 5.41) is 13.6. The molecule has 0 aliphatic carbocycles.